The van der Waals surface area contributed by atoms with Crippen LogP contribution < -0.4 is 15.5 Å². The van der Waals surface area contributed by atoms with E-state index in [1.54, 1.807) is 39.4 Å². The fraction of sp³-hybridized carbons (Fsp3) is 0.360. The van der Waals surface area contributed by atoms with Crippen molar-refractivity contribution in [3.05, 3.63) is 54.3 Å². The molecule has 3 N–H and O–H groups in total. The molecule has 5 heterocycles. The van der Waals surface area contributed by atoms with Crippen LogP contribution in [-0.2, 0) is 4.74 Å². The van der Waals surface area contributed by atoms with Crippen LogP contribution in [0.15, 0.2) is 47.4 Å². The van der Waals surface area contributed by atoms with Crippen LogP contribution in [0, 0.1) is 6.92 Å². The van der Waals surface area contributed by atoms with Crippen molar-refractivity contribution in [2.45, 2.75) is 52.2 Å². The first-order chi connectivity index (χ1) is 17.7. The van der Waals surface area contributed by atoms with E-state index < -0.39 is 11.7 Å². The third kappa shape index (κ3) is 5.68. The second-order valence-electron chi connectivity index (χ2n) is 9.83. The molecule has 1 amide bonds. The summed E-state index contributed by atoms with van der Waals surface area (Å²) < 4.78 is 11.1. The van der Waals surface area contributed by atoms with Crippen LogP contribution in [0.5, 0.6) is 0 Å². The van der Waals surface area contributed by atoms with Gasteiger partial charge < -0.3 is 19.5 Å². The highest BCUT2D eigenvalue weighted by atomic mass is 16.6. The van der Waals surface area contributed by atoms with Crippen molar-refractivity contribution in [1.82, 2.24) is 30.3 Å². The standard InChI is InChI=1S/C25H29N9O3/c1-15-11-21(32-31-15)29-22-18(28-24(35)36-25(2,3)4)14-27-23(30-22)34-10-6-8-19(34)20-12-17(33-37-20)16-7-5-9-26-13-16/h5,7,9,11-14,19H,6,8,10H2,1-4H3,(H,28,35)(H2,27,29,30,31,32). The number of hydrogen-bond acceptors (Lipinski definition) is 10. The molecule has 1 unspecified atom stereocenters. The predicted octanol–water partition coefficient (Wildman–Crippen LogP) is 4.99. The van der Waals surface area contributed by atoms with Gasteiger partial charge in [-0.05, 0) is 52.7 Å². The maximum atomic E-state index is 12.5. The Morgan fingerprint density at radius 1 is 1.27 bits per heavy atom. The summed E-state index contributed by atoms with van der Waals surface area (Å²) in [5.41, 5.74) is 2.22. The van der Waals surface area contributed by atoms with Crippen LogP contribution in [0.1, 0.15) is 51.1 Å². The predicted molar refractivity (Wildman–Crippen MR) is 138 cm³/mol. The van der Waals surface area contributed by atoms with Crippen molar-refractivity contribution < 1.29 is 14.1 Å². The molecule has 1 saturated heterocycles. The number of carbonyl (C=O) groups is 1. The number of ether oxygens (including phenoxy) is 1. The molecule has 0 radical (unpaired) electrons. The average molecular weight is 504 g/mol. The zero-order chi connectivity index (χ0) is 26.0. The summed E-state index contributed by atoms with van der Waals surface area (Å²) in [7, 11) is 0. The molecule has 1 fully saturated rings. The molecule has 1 atom stereocenters. The van der Waals surface area contributed by atoms with Gasteiger partial charge in [0.1, 0.15) is 17.0 Å². The number of H-pyrrole nitrogens is 1. The van der Waals surface area contributed by atoms with Gasteiger partial charge in [0.25, 0.3) is 0 Å². The summed E-state index contributed by atoms with van der Waals surface area (Å²) in [4.78, 5) is 28.0. The lowest BCUT2D eigenvalue weighted by Gasteiger charge is -2.24. The maximum absolute atomic E-state index is 12.5. The first-order valence-corrected chi connectivity index (χ1v) is 12.0. The van der Waals surface area contributed by atoms with E-state index >= 15 is 0 Å². The summed E-state index contributed by atoms with van der Waals surface area (Å²) in [5.74, 6) is 2.17. The fourth-order valence-electron chi connectivity index (χ4n) is 4.11. The lowest BCUT2D eigenvalue weighted by Crippen LogP contribution is -2.28. The topological polar surface area (TPSA) is 147 Å². The molecular weight excluding hydrogens is 474 g/mol. The molecule has 4 aromatic heterocycles. The van der Waals surface area contributed by atoms with E-state index in [2.05, 4.69) is 40.9 Å². The van der Waals surface area contributed by atoms with E-state index in [1.165, 1.54) is 0 Å². The molecule has 12 nitrogen and oxygen atoms in total. The van der Waals surface area contributed by atoms with Gasteiger partial charge in [-0.15, -0.1) is 0 Å². The third-order valence-electron chi connectivity index (χ3n) is 5.69. The second kappa shape index (κ2) is 9.88. The molecule has 37 heavy (non-hydrogen) atoms. The molecule has 0 spiro atoms. The Morgan fingerprint density at radius 2 is 2.14 bits per heavy atom. The summed E-state index contributed by atoms with van der Waals surface area (Å²) in [5, 5.41) is 17.3. The van der Waals surface area contributed by atoms with Crippen molar-refractivity contribution in [1.29, 1.82) is 0 Å². The van der Waals surface area contributed by atoms with Crippen molar-refractivity contribution in [3.8, 4) is 11.3 Å². The molecule has 0 saturated carbocycles. The van der Waals surface area contributed by atoms with Crippen LogP contribution >= 0.6 is 0 Å². The molecular formula is C25H29N9O3. The van der Waals surface area contributed by atoms with Gasteiger partial charge in [0.05, 0.1) is 12.2 Å². The van der Waals surface area contributed by atoms with Crippen LogP contribution in [0.25, 0.3) is 11.3 Å². The van der Waals surface area contributed by atoms with E-state index in [-0.39, 0.29) is 6.04 Å². The molecule has 1 aliphatic heterocycles. The summed E-state index contributed by atoms with van der Waals surface area (Å²) in [6, 6.07) is 7.50. The van der Waals surface area contributed by atoms with Gasteiger partial charge in [-0.25, -0.2) is 9.78 Å². The van der Waals surface area contributed by atoms with Gasteiger partial charge in [-0.3, -0.25) is 15.4 Å². The van der Waals surface area contributed by atoms with Crippen molar-refractivity contribution in [2.75, 3.05) is 22.1 Å². The van der Waals surface area contributed by atoms with Crippen LogP contribution in [0.4, 0.5) is 28.1 Å². The number of hydrogen-bond donors (Lipinski definition) is 3. The average Bonchev–Trinajstić information content (AvgIpc) is 3.60. The van der Waals surface area contributed by atoms with E-state index in [0.717, 1.165) is 42.1 Å². The van der Waals surface area contributed by atoms with Crippen molar-refractivity contribution in [3.63, 3.8) is 0 Å². The van der Waals surface area contributed by atoms with Gasteiger partial charge in [-0.1, -0.05) is 5.16 Å². The summed E-state index contributed by atoms with van der Waals surface area (Å²) >= 11 is 0. The minimum absolute atomic E-state index is 0.0805. The number of pyridine rings is 1. The summed E-state index contributed by atoms with van der Waals surface area (Å²) in [6.07, 6.45) is 6.24. The monoisotopic (exact) mass is 503 g/mol. The molecule has 12 heteroatoms. The van der Waals surface area contributed by atoms with Crippen LogP contribution in [-0.4, -0.2) is 48.5 Å². The normalized spacial score (nSPS) is 15.6. The minimum Gasteiger partial charge on any atom is -0.444 e. The lowest BCUT2D eigenvalue weighted by atomic mass is 10.1. The lowest BCUT2D eigenvalue weighted by molar-refractivity contribution is 0.0636. The SMILES string of the molecule is Cc1cc(Nc2nc(N3CCCC3c3cc(-c4cccnc4)no3)ncc2NC(=O)OC(C)(C)C)n[nH]1. The number of aryl methyl sites for hydroxylation is 1. The molecule has 4 aromatic rings. The maximum Gasteiger partial charge on any atom is 0.412 e. The highest BCUT2D eigenvalue weighted by Gasteiger charge is 2.32. The first kappa shape index (κ1) is 24.2. The highest BCUT2D eigenvalue weighted by Crippen LogP contribution is 2.37. The number of nitrogens with zero attached hydrogens (tertiary/aromatic N) is 6. The van der Waals surface area contributed by atoms with Gasteiger partial charge in [0.2, 0.25) is 5.95 Å². The minimum atomic E-state index is -0.647. The highest BCUT2D eigenvalue weighted by molar-refractivity contribution is 5.89. The van der Waals surface area contributed by atoms with E-state index in [1.807, 2.05) is 31.2 Å². The Morgan fingerprint density at radius 3 is 2.86 bits per heavy atom. The van der Waals surface area contributed by atoms with Crippen LogP contribution in [0.2, 0.25) is 0 Å². The molecule has 0 aromatic carbocycles. The number of aromatic amines is 1. The quantitative estimate of drug-likeness (QED) is 0.329. The largest absolute Gasteiger partial charge is 0.444 e. The van der Waals surface area contributed by atoms with E-state index in [9.17, 15) is 4.79 Å². The molecule has 1 aliphatic rings. The summed E-state index contributed by atoms with van der Waals surface area (Å²) in [6.45, 7) is 8.04. The zero-order valence-electron chi connectivity index (χ0n) is 21.1. The fourth-order valence-corrected chi connectivity index (χ4v) is 4.11. The smallest absolute Gasteiger partial charge is 0.412 e. The molecule has 192 valence electrons. The van der Waals surface area contributed by atoms with Gasteiger partial charge >= 0.3 is 6.09 Å². The van der Waals surface area contributed by atoms with Crippen LogP contribution in [0.3, 0.4) is 0 Å². The Balaban J connectivity index is 1.43. The van der Waals surface area contributed by atoms with E-state index in [4.69, 9.17) is 14.2 Å². The Bertz CT molecular complexity index is 1380. The van der Waals surface area contributed by atoms with Crippen molar-refractivity contribution in [2.24, 2.45) is 0 Å². The Labute approximate surface area is 213 Å². The van der Waals surface area contributed by atoms with E-state index in [0.29, 0.717) is 23.3 Å². The molecule has 0 bridgehead atoms. The third-order valence-corrected chi connectivity index (χ3v) is 5.69. The van der Waals surface area contributed by atoms with Gasteiger partial charge in [0.15, 0.2) is 17.4 Å². The van der Waals surface area contributed by atoms with Gasteiger partial charge in [0, 0.05) is 42.3 Å². The zero-order valence-corrected chi connectivity index (χ0v) is 21.1. The number of nitrogens with one attached hydrogen (secondary N) is 3. The molecule has 5 rings (SSSR count). The number of rotatable bonds is 6. The Kier molecular flexibility index (Phi) is 6.47. The second-order valence-corrected chi connectivity index (χ2v) is 9.83. The molecule has 0 aliphatic carbocycles. The number of aromatic nitrogens is 6. The number of amides is 1. The number of carbonyl (C=O) groups excluding carboxylic acids is 1. The Hall–Kier alpha value is -4.48. The van der Waals surface area contributed by atoms with Crippen molar-refractivity contribution >= 4 is 29.4 Å². The van der Waals surface area contributed by atoms with Gasteiger partial charge in [-0.2, -0.15) is 10.1 Å². The number of anilines is 4. The first-order valence-electron chi connectivity index (χ1n) is 12.0.